The summed E-state index contributed by atoms with van der Waals surface area (Å²) < 4.78 is 0. The molecule has 2 fully saturated rings. The van der Waals surface area contributed by atoms with Gasteiger partial charge in [-0.05, 0) is 24.6 Å². The summed E-state index contributed by atoms with van der Waals surface area (Å²) in [6, 6.07) is 8.46. The third-order valence-electron chi connectivity index (χ3n) is 5.00. The quantitative estimate of drug-likeness (QED) is 0.805. The second-order valence-corrected chi connectivity index (χ2v) is 7.25. The molecule has 0 aromatic heterocycles. The number of nitrogens with one attached hydrogen (secondary N) is 1. The molecular weight excluding hydrogens is 395 g/mol. The van der Waals surface area contributed by atoms with Gasteiger partial charge in [-0.2, -0.15) is 0 Å². The molecule has 1 aromatic carbocycles. The van der Waals surface area contributed by atoms with Gasteiger partial charge in [0.2, 0.25) is 5.91 Å². The summed E-state index contributed by atoms with van der Waals surface area (Å²) in [4.78, 5) is 19.2. The Balaban J connectivity index is 0.00000169. The molecule has 0 saturated carbocycles. The summed E-state index contributed by atoms with van der Waals surface area (Å²) in [5.41, 5.74) is 1.23. The predicted octanol–water partition coefficient (Wildman–Crippen LogP) is 2.12. The first-order valence-corrected chi connectivity index (χ1v) is 9.19. The van der Waals surface area contributed by atoms with E-state index in [1.54, 1.807) is 0 Å². The molecule has 26 heavy (non-hydrogen) atoms. The van der Waals surface area contributed by atoms with Crippen LogP contribution in [0.25, 0.3) is 0 Å². The van der Waals surface area contributed by atoms with Crippen LogP contribution in [0.4, 0.5) is 0 Å². The smallest absolute Gasteiger partial charge is 0.236 e. The van der Waals surface area contributed by atoms with E-state index in [0.717, 1.165) is 57.4 Å². The van der Waals surface area contributed by atoms with E-state index in [4.69, 9.17) is 11.6 Å². The van der Waals surface area contributed by atoms with Gasteiger partial charge in [0.25, 0.3) is 0 Å². The van der Waals surface area contributed by atoms with Crippen LogP contribution in [0.15, 0.2) is 24.3 Å². The predicted molar refractivity (Wildman–Crippen MR) is 112 cm³/mol. The summed E-state index contributed by atoms with van der Waals surface area (Å²) >= 11 is 6.05. The highest BCUT2D eigenvalue weighted by molar-refractivity contribution is 6.30. The van der Waals surface area contributed by atoms with E-state index in [-0.39, 0.29) is 30.7 Å². The molecule has 1 atom stereocenters. The van der Waals surface area contributed by atoms with Crippen LogP contribution in [0.1, 0.15) is 12.5 Å². The molecule has 1 amide bonds. The van der Waals surface area contributed by atoms with Gasteiger partial charge in [0, 0.05) is 63.4 Å². The maximum Gasteiger partial charge on any atom is 0.236 e. The Bertz CT molecular complexity index is 567. The third kappa shape index (κ3) is 6.55. The van der Waals surface area contributed by atoms with Crippen LogP contribution in [0, 0.1) is 0 Å². The van der Waals surface area contributed by atoms with Crippen molar-refractivity contribution in [3.8, 4) is 0 Å². The highest BCUT2D eigenvalue weighted by Gasteiger charge is 2.25. The first-order chi connectivity index (χ1) is 11.6. The van der Waals surface area contributed by atoms with Gasteiger partial charge in [-0.3, -0.25) is 14.6 Å². The maximum absolute atomic E-state index is 12.5. The molecular formula is C18H29Cl3N4O. The Hall–Kier alpha value is -0.560. The van der Waals surface area contributed by atoms with Crippen molar-refractivity contribution in [3.05, 3.63) is 34.9 Å². The maximum atomic E-state index is 12.5. The highest BCUT2D eigenvalue weighted by Crippen LogP contribution is 2.14. The second-order valence-electron chi connectivity index (χ2n) is 6.81. The van der Waals surface area contributed by atoms with E-state index < -0.39 is 0 Å². The van der Waals surface area contributed by atoms with E-state index in [0.29, 0.717) is 12.6 Å². The average Bonchev–Trinajstić information content (AvgIpc) is 2.57. The topological polar surface area (TPSA) is 38.8 Å². The molecule has 3 rings (SSSR count). The number of amides is 1. The molecule has 1 N–H and O–H groups in total. The molecule has 0 bridgehead atoms. The molecule has 8 heteroatoms. The number of carbonyl (C=O) groups is 1. The molecule has 0 radical (unpaired) electrons. The number of carbonyl (C=O) groups excluding carboxylic acids is 1. The summed E-state index contributed by atoms with van der Waals surface area (Å²) in [6.07, 6.45) is 0. The van der Waals surface area contributed by atoms with Crippen molar-refractivity contribution < 1.29 is 4.79 Å². The van der Waals surface area contributed by atoms with Crippen molar-refractivity contribution in [1.82, 2.24) is 20.0 Å². The molecule has 2 aliphatic rings. The molecule has 0 aliphatic carbocycles. The van der Waals surface area contributed by atoms with Gasteiger partial charge in [0.15, 0.2) is 0 Å². The fourth-order valence-corrected chi connectivity index (χ4v) is 3.65. The Morgan fingerprint density at radius 1 is 1.19 bits per heavy atom. The average molecular weight is 424 g/mol. The number of nitrogens with zero attached hydrogens (tertiary/aromatic N) is 3. The van der Waals surface area contributed by atoms with Crippen LogP contribution in [0.2, 0.25) is 5.02 Å². The molecule has 2 saturated heterocycles. The number of hydrogen-bond donors (Lipinski definition) is 1. The number of benzene rings is 1. The first kappa shape index (κ1) is 23.5. The lowest BCUT2D eigenvalue weighted by atomic mass is 10.2. The summed E-state index contributed by atoms with van der Waals surface area (Å²) in [6.45, 7) is 10.0. The summed E-state index contributed by atoms with van der Waals surface area (Å²) in [5.74, 6) is 0.270. The highest BCUT2D eigenvalue weighted by atomic mass is 35.5. The van der Waals surface area contributed by atoms with Gasteiger partial charge in [0.1, 0.15) is 0 Å². The van der Waals surface area contributed by atoms with Crippen molar-refractivity contribution in [2.24, 2.45) is 0 Å². The minimum Gasteiger partial charge on any atom is -0.339 e. The SMILES string of the molecule is C[C@@H]1CNCCN1CC(=O)N1CCN(Cc2cccc(Cl)c2)CC1.Cl.Cl. The number of piperazine rings is 2. The van der Waals surface area contributed by atoms with Crippen LogP contribution < -0.4 is 5.32 Å². The fraction of sp³-hybridized carbons (Fsp3) is 0.611. The summed E-state index contributed by atoms with van der Waals surface area (Å²) in [5, 5.41) is 4.15. The Morgan fingerprint density at radius 2 is 1.92 bits per heavy atom. The van der Waals surface area contributed by atoms with E-state index >= 15 is 0 Å². The second kappa shape index (κ2) is 11.3. The zero-order valence-electron chi connectivity index (χ0n) is 15.2. The van der Waals surface area contributed by atoms with Gasteiger partial charge in [-0.15, -0.1) is 24.8 Å². The van der Waals surface area contributed by atoms with Gasteiger partial charge >= 0.3 is 0 Å². The van der Waals surface area contributed by atoms with Crippen LogP contribution in [0.5, 0.6) is 0 Å². The Kier molecular flexibility index (Phi) is 10.2. The van der Waals surface area contributed by atoms with Gasteiger partial charge < -0.3 is 10.2 Å². The lowest BCUT2D eigenvalue weighted by Crippen LogP contribution is -2.55. The van der Waals surface area contributed by atoms with Crippen LogP contribution in [-0.2, 0) is 11.3 Å². The number of hydrogen-bond acceptors (Lipinski definition) is 4. The van der Waals surface area contributed by atoms with Crippen molar-refractivity contribution in [1.29, 1.82) is 0 Å². The lowest BCUT2D eigenvalue weighted by Gasteiger charge is -2.38. The van der Waals surface area contributed by atoms with Crippen LogP contribution >= 0.6 is 36.4 Å². The summed E-state index contributed by atoms with van der Waals surface area (Å²) in [7, 11) is 0. The minimum absolute atomic E-state index is 0. The number of rotatable bonds is 4. The van der Waals surface area contributed by atoms with E-state index in [1.807, 2.05) is 23.1 Å². The molecule has 1 aromatic rings. The lowest BCUT2D eigenvalue weighted by molar-refractivity contribution is -0.135. The molecule has 148 valence electrons. The molecule has 0 unspecified atom stereocenters. The monoisotopic (exact) mass is 422 g/mol. The van der Waals surface area contributed by atoms with Crippen molar-refractivity contribution in [2.75, 3.05) is 52.4 Å². The van der Waals surface area contributed by atoms with Crippen LogP contribution in [0.3, 0.4) is 0 Å². The molecule has 2 aliphatic heterocycles. The third-order valence-corrected chi connectivity index (χ3v) is 5.23. The molecule has 0 spiro atoms. The first-order valence-electron chi connectivity index (χ1n) is 8.81. The Morgan fingerprint density at radius 3 is 2.58 bits per heavy atom. The molecule has 5 nitrogen and oxygen atoms in total. The van der Waals surface area contributed by atoms with Gasteiger partial charge in [0.05, 0.1) is 6.54 Å². The van der Waals surface area contributed by atoms with Gasteiger partial charge in [-0.1, -0.05) is 23.7 Å². The zero-order chi connectivity index (χ0) is 16.9. The largest absolute Gasteiger partial charge is 0.339 e. The van der Waals surface area contributed by atoms with Crippen molar-refractivity contribution in [3.63, 3.8) is 0 Å². The van der Waals surface area contributed by atoms with E-state index in [9.17, 15) is 4.79 Å². The van der Waals surface area contributed by atoms with Crippen LogP contribution in [-0.4, -0.2) is 79.0 Å². The van der Waals surface area contributed by atoms with E-state index in [2.05, 4.69) is 28.1 Å². The van der Waals surface area contributed by atoms with Crippen molar-refractivity contribution >= 4 is 42.3 Å². The van der Waals surface area contributed by atoms with Crippen molar-refractivity contribution in [2.45, 2.75) is 19.5 Å². The zero-order valence-corrected chi connectivity index (χ0v) is 17.6. The fourth-order valence-electron chi connectivity index (χ4n) is 3.44. The normalized spacial score (nSPS) is 21.6. The number of halogens is 3. The minimum atomic E-state index is 0. The standard InChI is InChI=1S/C18H27ClN4O.2ClH/c1-15-12-20-5-6-23(15)14-18(24)22-9-7-21(8-10-22)13-16-3-2-4-17(19)11-16;;/h2-4,11,15,20H,5-10,12-14H2,1H3;2*1H/t15-;;/m1../s1. The van der Waals surface area contributed by atoms with E-state index in [1.165, 1.54) is 5.56 Å². The molecule has 2 heterocycles. The Labute approximate surface area is 173 Å². The van der Waals surface area contributed by atoms with Gasteiger partial charge in [-0.25, -0.2) is 0 Å².